The lowest BCUT2D eigenvalue weighted by Gasteiger charge is -2.08. The van der Waals surface area contributed by atoms with E-state index in [-0.39, 0.29) is 6.04 Å². The quantitative estimate of drug-likeness (QED) is 0.716. The summed E-state index contributed by atoms with van der Waals surface area (Å²) in [6, 6.07) is -0.332. The first-order valence-electron chi connectivity index (χ1n) is 3.83. The molecule has 0 radical (unpaired) electrons. The second-order valence-electron chi connectivity index (χ2n) is 2.66. The van der Waals surface area contributed by atoms with E-state index in [4.69, 9.17) is 5.11 Å². The fourth-order valence-electron chi connectivity index (χ4n) is 1.07. The normalized spacial score (nSPS) is 29.1. The molecule has 5 heteroatoms. The van der Waals surface area contributed by atoms with E-state index < -0.39 is 5.97 Å². The van der Waals surface area contributed by atoms with E-state index in [0.717, 1.165) is 12.2 Å². The van der Waals surface area contributed by atoms with Crippen molar-refractivity contribution in [1.29, 1.82) is 0 Å². The minimum absolute atomic E-state index is 0.332. The molecule has 1 rings (SSSR count). The molecular formula is C7H13NO2S2. The van der Waals surface area contributed by atoms with E-state index in [0.29, 0.717) is 11.1 Å². The highest BCUT2D eigenvalue weighted by Gasteiger charge is 2.28. The average molecular weight is 207 g/mol. The van der Waals surface area contributed by atoms with Crippen LogP contribution in [0.3, 0.4) is 0 Å². The van der Waals surface area contributed by atoms with E-state index >= 15 is 0 Å². The second kappa shape index (κ2) is 4.99. The summed E-state index contributed by atoms with van der Waals surface area (Å²) < 4.78 is 0. The van der Waals surface area contributed by atoms with Gasteiger partial charge in [-0.2, -0.15) is 11.8 Å². The van der Waals surface area contributed by atoms with Gasteiger partial charge < -0.3 is 5.11 Å². The van der Waals surface area contributed by atoms with Gasteiger partial charge in [0.2, 0.25) is 0 Å². The molecule has 1 aliphatic rings. The molecule has 0 aromatic rings. The zero-order chi connectivity index (χ0) is 8.97. The minimum Gasteiger partial charge on any atom is -0.480 e. The molecule has 1 fully saturated rings. The number of aliphatic carboxylic acids is 1. The van der Waals surface area contributed by atoms with Crippen LogP contribution in [0, 0.1) is 0 Å². The number of nitrogens with one attached hydrogen (secondary N) is 1. The number of carboxylic acids is 1. The Kier molecular flexibility index (Phi) is 4.25. The molecule has 1 heterocycles. The molecule has 0 spiro atoms. The lowest BCUT2D eigenvalue weighted by molar-refractivity contribution is -0.138. The van der Waals surface area contributed by atoms with Crippen LogP contribution in [0.4, 0.5) is 0 Å². The Morgan fingerprint density at radius 1 is 1.83 bits per heavy atom. The molecule has 2 atom stereocenters. The van der Waals surface area contributed by atoms with Crippen molar-refractivity contribution in [2.75, 3.05) is 17.8 Å². The highest BCUT2D eigenvalue weighted by atomic mass is 32.2. The fraction of sp³-hybridized carbons (Fsp3) is 0.857. The van der Waals surface area contributed by atoms with Crippen molar-refractivity contribution in [3.05, 3.63) is 0 Å². The lowest BCUT2D eigenvalue weighted by atomic mass is 10.3. The van der Waals surface area contributed by atoms with Gasteiger partial charge in [0.15, 0.2) is 0 Å². The standard InChI is InChI=1S/C7H13NO2S2/c1-11-3-2-6-8-5(4-12-6)7(9)10/h5-6,8H,2-4H2,1H3,(H,9,10). The number of hydrogen-bond donors (Lipinski definition) is 2. The summed E-state index contributed by atoms with van der Waals surface area (Å²) >= 11 is 3.51. The highest BCUT2D eigenvalue weighted by Crippen LogP contribution is 2.22. The molecule has 0 saturated carbocycles. The monoisotopic (exact) mass is 207 g/mol. The first-order valence-corrected chi connectivity index (χ1v) is 6.27. The van der Waals surface area contributed by atoms with Crippen LogP contribution < -0.4 is 5.32 Å². The third kappa shape index (κ3) is 2.88. The summed E-state index contributed by atoms with van der Waals surface area (Å²) in [4.78, 5) is 10.5. The molecule has 2 N–H and O–H groups in total. The Morgan fingerprint density at radius 3 is 3.08 bits per heavy atom. The minimum atomic E-state index is -0.728. The smallest absolute Gasteiger partial charge is 0.321 e. The molecule has 2 unspecified atom stereocenters. The molecule has 12 heavy (non-hydrogen) atoms. The summed E-state index contributed by atoms with van der Waals surface area (Å²) in [5, 5.41) is 12.1. The maximum Gasteiger partial charge on any atom is 0.321 e. The van der Waals surface area contributed by atoms with E-state index in [1.807, 2.05) is 0 Å². The van der Waals surface area contributed by atoms with Gasteiger partial charge in [-0.15, -0.1) is 11.8 Å². The van der Waals surface area contributed by atoms with Crippen molar-refractivity contribution in [2.45, 2.75) is 17.8 Å². The Bertz CT molecular complexity index is 165. The predicted molar refractivity (Wildman–Crippen MR) is 53.8 cm³/mol. The summed E-state index contributed by atoms with van der Waals surface area (Å²) in [6.45, 7) is 0. The summed E-state index contributed by atoms with van der Waals surface area (Å²) in [6.07, 6.45) is 3.11. The van der Waals surface area contributed by atoms with Crippen molar-refractivity contribution in [3.8, 4) is 0 Å². The van der Waals surface area contributed by atoms with Gasteiger partial charge in [0.1, 0.15) is 6.04 Å². The summed E-state index contributed by atoms with van der Waals surface area (Å²) in [5.74, 6) is 1.07. The summed E-state index contributed by atoms with van der Waals surface area (Å²) in [7, 11) is 0. The van der Waals surface area contributed by atoms with E-state index in [2.05, 4.69) is 11.6 Å². The molecule has 1 saturated heterocycles. The molecular weight excluding hydrogens is 194 g/mol. The molecule has 0 bridgehead atoms. The number of carboxylic acid groups (broad SMARTS) is 1. The Labute approximate surface area is 80.7 Å². The van der Waals surface area contributed by atoms with Gasteiger partial charge in [0.25, 0.3) is 0 Å². The number of carbonyl (C=O) groups is 1. The van der Waals surface area contributed by atoms with E-state index in [9.17, 15) is 4.79 Å². The third-order valence-corrected chi connectivity index (χ3v) is 3.68. The van der Waals surface area contributed by atoms with Gasteiger partial charge in [0, 0.05) is 5.75 Å². The van der Waals surface area contributed by atoms with Crippen LogP contribution in [-0.4, -0.2) is 40.3 Å². The Balaban J connectivity index is 2.21. The van der Waals surface area contributed by atoms with Crippen molar-refractivity contribution >= 4 is 29.5 Å². The van der Waals surface area contributed by atoms with Crippen molar-refractivity contribution in [3.63, 3.8) is 0 Å². The van der Waals surface area contributed by atoms with Crippen molar-refractivity contribution in [1.82, 2.24) is 5.32 Å². The van der Waals surface area contributed by atoms with Gasteiger partial charge in [0.05, 0.1) is 5.37 Å². The average Bonchev–Trinajstić information content (AvgIpc) is 2.48. The molecule has 0 aromatic heterocycles. The van der Waals surface area contributed by atoms with E-state index in [1.165, 1.54) is 0 Å². The summed E-state index contributed by atoms with van der Waals surface area (Å²) in [5.41, 5.74) is 0. The van der Waals surface area contributed by atoms with E-state index in [1.54, 1.807) is 23.5 Å². The molecule has 0 amide bonds. The van der Waals surface area contributed by atoms with Crippen LogP contribution in [0.1, 0.15) is 6.42 Å². The third-order valence-electron chi connectivity index (χ3n) is 1.73. The van der Waals surface area contributed by atoms with Crippen LogP contribution in [0.5, 0.6) is 0 Å². The molecule has 0 aliphatic carbocycles. The van der Waals surface area contributed by atoms with Crippen LogP contribution in [0.15, 0.2) is 0 Å². The van der Waals surface area contributed by atoms with Crippen molar-refractivity contribution < 1.29 is 9.90 Å². The van der Waals surface area contributed by atoms with Gasteiger partial charge in [-0.25, -0.2) is 0 Å². The number of rotatable bonds is 4. The molecule has 0 aromatic carbocycles. The zero-order valence-corrected chi connectivity index (χ0v) is 8.58. The molecule has 70 valence electrons. The maximum absolute atomic E-state index is 10.5. The highest BCUT2D eigenvalue weighted by molar-refractivity contribution is 8.00. The second-order valence-corrected chi connectivity index (χ2v) is 4.88. The van der Waals surface area contributed by atoms with Crippen molar-refractivity contribution in [2.24, 2.45) is 0 Å². The molecule has 3 nitrogen and oxygen atoms in total. The molecule has 1 aliphatic heterocycles. The van der Waals surface area contributed by atoms with Gasteiger partial charge >= 0.3 is 5.97 Å². The zero-order valence-electron chi connectivity index (χ0n) is 6.95. The fourth-order valence-corrected chi connectivity index (χ4v) is 2.90. The Hall–Kier alpha value is 0.130. The predicted octanol–water partition coefficient (Wildman–Crippen LogP) is 0.855. The van der Waals surface area contributed by atoms with Crippen LogP contribution in [0.25, 0.3) is 0 Å². The van der Waals surface area contributed by atoms with Gasteiger partial charge in [-0.3, -0.25) is 10.1 Å². The van der Waals surface area contributed by atoms with Crippen LogP contribution in [-0.2, 0) is 4.79 Å². The Morgan fingerprint density at radius 2 is 2.58 bits per heavy atom. The topological polar surface area (TPSA) is 49.3 Å². The largest absolute Gasteiger partial charge is 0.480 e. The number of thioether (sulfide) groups is 2. The van der Waals surface area contributed by atoms with Crippen LogP contribution >= 0.6 is 23.5 Å². The number of hydrogen-bond acceptors (Lipinski definition) is 4. The van der Waals surface area contributed by atoms with Gasteiger partial charge in [-0.1, -0.05) is 0 Å². The first kappa shape index (κ1) is 10.2. The maximum atomic E-state index is 10.5. The van der Waals surface area contributed by atoms with Gasteiger partial charge in [-0.05, 0) is 18.4 Å². The first-order chi connectivity index (χ1) is 5.74. The van der Waals surface area contributed by atoms with Crippen LogP contribution in [0.2, 0.25) is 0 Å². The SMILES string of the molecule is CSCCC1NC(C(=O)O)CS1. The lowest BCUT2D eigenvalue weighted by Crippen LogP contribution is -2.36.